The van der Waals surface area contributed by atoms with Crippen LogP contribution in [0.3, 0.4) is 0 Å². The summed E-state index contributed by atoms with van der Waals surface area (Å²) in [5.74, 6) is -1.05. The number of rotatable bonds is 12. The Kier molecular flexibility index (Phi) is 12.2. The van der Waals surface area contributed by atoms with Crippen molar-refractivity contribution in [2.24, 2.45) is 0 Å². The minimum Gasteiger partial charge on any atom is -0.480 e. The maximum Gasteiger partial charge on any atom is 0.326 e. The highest BCUT2D eigenvalue weighted by Gasteiger charge is 2.32. The Hall–Kier alpha value is -0.620. The van der Waals surface area contributed by atoms with Crippen molar-refractivity contribution < 1.29 is 14.7 Å². The fourth-order valence-electron chi connectivity index (χ4n) is 3.07. The molecule has 0 aromatic rings. The molecule has 0 aromatic carbocycles. The van der Waals surface area contributed by atoms with Gasteiger partial charge in [0.1, 0.15) is 6.04 Å². The Labute approximate surface area is 168 Å². The van der Waals surface area contributed by atoms with Crippen LogP contribution in [-0.4, -0.2) is 34.5 Å². The SMILES string of the molecule is O=C(O)[C@@H]1CCCN1C(=O)/C=C/CCCCCCCCCC=C(Br)Br. The smallest absolute Gasteiger partial charge is 0.326 e. The summed E-state index contributed by atoms with van der Waals surface area (Å²) in [4.78, 5) is 24.6. The van der Waals surface area contributed by atoms with Gasteiger partial charge in [-0.15, -0.1) is 0 Å². The summed E-state index contributed by atoms with van der Waals surface area (Å²) >= 11 is 6.72. The van der Waals surface area contributed by atoms with Gasteiger partial charge in [-0.3, -0.25) is 4.79 Å². The summed E-state index contributed by atoms with van der Waals surface area (Å²) in [6.45, 7) is 0.558. The van der Waals surface area contributed by atoms with E-state index >= 15 is 0 Å². The van der Waals surface area contributed by atoms with E-state index in [0.717, 1.165) is 29.1 Å². The van der Waals surface area contributed by atoms with Crippen LogP contribution < -0.4 is 0 Å². The molecule has 0 unspecified atom stereocenters. The molecule has 1 aliphatic rings. The third-order valence-electron chi connectivity index (χ3n) is 4.45. The third-order valence-corrected chi connectivity index (χ3v) is 5.10. The van der Waals surface area contributed by atoms with Crippen LogP contribution in [0.25, 0.3) is 0 Å². The molecule has 0 aromatic heterocycles. The van der Waals surface area contributed by atoms with Gasteiger partial charge in [0.05, 0.1) is 3.39 Å². The van der Waals surface area contributed by atoms with Crippen LogP contribution >= 0.6 is 31.9 Å². The van der Waals surface area contributed by atoms with Crippen molar-refractivity contribution in [1.29, 1.82) is 0 Å². The van der Waals surface area contributed by atoms with Gasteiger partial charge in [0.2, 0.25) is 5.91 Å². The first-order chi connectivity index (χ1) is 12.0. The average molecular weight is 479 g/mol. The fraction of sp³-hybridized carbons (Fsp3) is 0.684. The van der Waals surface area contributed by atoms with Crippen LogP contribution in [0.5, 0.6) is 0 Å². The lowest BCUT2D eigenvalue weighted by Crippen LogP contribution is -2.39. The predicted molar refractivity (Wildman–Crippen MR) is 109 cm³/mol. The molecule has 4 nitrogen and oxygen atoms in total. The zero-order valence-electron chi connectivity index (χ0n) is 14.8. The van der Waals surface area contributed by atoms with E-state index in [1.54, 1.807) is 6.08 Å². The minimum atomic E-state index is -0.893. The Morgan fingerprint density at radius 1 is 1.00 bits per heavy atom. The molecule has 1 aliphatic heterocycles. The lowest BCUT2D eigenvalue weighted by Gasteiger charge is -2.19. The number of hydrogen-bond acceptors (Lipinski definition) is 2. The lowest BCUT2D eigenvalue weighted by molar-refractivity contribution is -0.146. The lowest BCUT2D eigenvalue weighted by atomic mass is 10.1. The molecular weight excluding hydrogens is 450 g/mol. The van der Waals surface area contributed by atoms with Gasteiger partial charge < -0.3 is 10.0 Å². The maximum atomic E-state index is 12.0. The monoisotopic (exact) mass is 477 g/mol. The number of amides is 1. The second-order valence-electron chi connectivity index (χ2n) is 6.48. The van der Waals surface area contributed by atoms with Crippen LogP contribution in [0.1, 0.15) is 70.6 Å². The largest absolute Gasteiger partial charge is 0.480 e. The minimum absolute atomic E-state index is 0.158. The highest BCUT2D eigenvalue weighted by Crippen LogP contribution is 2.18. The Bertz CT molecular complexity index is 473. The van der Waals surface area contributed by atoms with Gasteiger partial charge in [0.15, 0.2) is 0 Å². The quantitative estimate of drug-likeness (QED) is 0.286. The highest BCUT2D eigenvalue weighted by molar-refractivity contribution is 9.28. The summed E-state index contributed by atoms with van der Waals surface area (Å²) in [5.41, 5.74) is 0. The van der Waals surface area contributed by atoms with Crippen molar-refractivity contribution >= 4 is 43.7 Å². The van der Waals surface area contributed by atoms with Crippen LogP contribution in [0.4, 0.5) is 0 Å². The number of carbonyl (C=O) groups excluding carboxylic acids is 1. The molecule has 6 heteroatoms. The van der Waals surface area contributed by atoms with E-state index in [9.17, 15) is 9.59 Å². The van der Waals surface area contributed by atoms with Gasteiger partial charge in [0.25, 0.3) is 0 Å². The molecule has 1 heterocycles. The number of hydrogen-bond donors (Lipinski definition) is 1. The molecule has 0 bridgehead atoms. The molecule has 1 N–H and O–H groups in total. The first kappa shape index (κ1) is 22.4. The van der Waals surface area contributed by atoms with E-state index in [4.69, 9.17) is 5.11 Å². The first-order valence-electron chi connectivity index (χ1n) is 9.23. The molecule has 1 saturated heterocycles. The number of carboxylic acid groups (broad SMARTS) is 1. The van der Waals surface area contributed by atoms with E-state index in [1.807, 2.05) is 6.08 Å². The van der Waals surface area contributed by atoms with Crippen molar-refractivity contribution in [3.63, 3.8) is 0 Å². The second-order valence-corrected chi connectivity index (χ2v) is 9.25. The van der Waals surface area contributed by atoms with Gasteiger partial charge >= 0.3 is 5.97 Å². The van der Waals surface area contributed by atoms with Crippen molar-refractivity contribution in [2.75, 3.05) is 6.54 Å². The summed E-state index contributed by atoms with van der Waals surface area (Å²) in [6, 6.07) is -0.636. The molecule has 25 heavy (non-hydrogen) atoms. The number of halogens is 2. The summed E-state index contributed by atoms with van der Waals surface area (Å²) < 4.78 is 1.04. The summed E-state index contributed by atoms with van der Waals surface area (Å²) in [7, 11) is 0. The standard InChI is InChI=1S/C19H29Br2NO3/c20-17(21)13-9-7-5-3-1-2-4-6-8-10-14-18(23)22-15-11-12-16(22)19(24)25/h10,13-14,16H,1-9,11-12,15H2,(H,24,25)/b14-10+/t16-/m0/s1. The van der Waals surface area contributed by atoms with E-state index in [0.29, 0.717) is 13.0 Å². The molecule has 0 saturated carbocycles. The maximum absolute atomic E-state index is 12.0. The van der Waals surface area contributed by atoms with Gasteiger partial charge in [0, 0.05) is 6.54 Å². The molecule has 1 amide bonds. The van der Waals surface area contributed by atoms with Gasteiger partial charge in [-0.05, 0) is 76.5 Å². The number of nitrogens with zero attached hydrogens (tertiary/aromatic N) is 1. The number of aliphatic carboxylic acids is 1. The molecule has 1 fully saturated rings. The Morgan fingerprint density at radius 3 is 2.20 bits per heavy atom. The molecule has 0 spiro atoms. The topological polar surface area (TPSA) is 57.6 Å². The van der Waals surface area contributed by atoms with Gasteiger partial charge in [-0.25, -0.2) is 4.79 Å². The number of unbranched alkanes of at least 4 members (excludes halogenated alkanes) is 8. The number of carbonyl (C=O) groups is 2. The van der Waals surface area contributed by atoms with Crippen LogP contribution in [0, 0.1) is 0 Å². The van der Waals surface area contributed by atoms with Gasteiger partial charge in [-0.2, -0.15) is 0 Å². The van der Waals surface area contributed by atoms with Crippen molar-refractivity contribution in [2.45, 2.75) is 76.7 Å². The average Bonchev–Trinajstić information content (AvgIpc) is 3.05. The molecule has 0 aliphatic carbocycles. The predicted octanol–water partition coefficient (Wildman–Crippen LogP) is 5.76. The Balaban J connectivity index is 2.00. The number of allylic oxidation sites excluding steroid dienone is 2. The summed E-state index contributed by atoms with van der Waals surface area (Å²) in [5, 5.41) is 9.09. The number of carboxylic acids is 1. The van der Waals surface area contributed by atoms with Crippen LogP contribution in [-0.2, 0) is 9.59 Å². The van der Waals surface area contributed by atoms with Crippen molar-refractivity contribution in [3.05, 3.63) is 21.6 Å². The Morgan fingerprint density at radius 2 is 1.60 bits per heavy atom. The van der Waals surface area contributed by atoms with E-state index in [2.05, 4.69) is 37.9 Å². The van der Waals surface area contributed by atoms with E-state index < -0.39 is 12.0 Å². The van der Waals surface area contributed by atoms with Crippen LogP contribution in [0.15, 0.2) is 21.6 Å². The zero-order valence-corrected chi connectivity index (χ0v) is 17.9. The normalized spacial score (nSPS) is 17.2. The van der Waals surface area contributed by atoms with E-state index in [-0.39, 0.29) is 5.91 Å². The van der Waals surface area contributed by atoms with Crippen LogP contribution in [0.2, 0.25) is 0 Å². The third kappa shape index (κ3) is 10.2. The first-order valence-corrected chi connectivity index (χ1v) is 10.8. The molecule has 1 atom stereocenters. The zero-order chi connectivity index (χ0) is 18.5. The molecule has 0 radical (unpaired) electrons. The van der Waals surface area contributed by atoms with E-state index in [1.165, 1.54) is 43.4 Å². The van der Waals surface area contributed by atoms with Crippen molar-refractivity contribution in [3.8, 4) is 0 Å². The van der Waals surface area contributed by atoms with Crippen molar-refractivity contribution in [1.82, 2.24) is 4.90 Å². The van der Waals surface area contributed by atoms with Gasteiger partial charge in [-0.1, -0.05) is 44.3 Å². The molecular formula is C19H29Br2NO3. The number of likely N-dealkylation sites (tertiary alicyclic amines) is 1. The second kappa shape index (κ2) is 13.6. The molecule has 1 rings (SSSR count). The fourth-order valence-corrected chi connectivity index (χ4v) is 3.53. The highest BCUT2D eigenvalue weighted by atomic mass is 79.9. The molecule has 142 valence electrons. The summed E-state index contributed by atoms with van der Waals surface area (Å²) in [6.07, 6.45) is 17.5.